The highest BCUT2D eigenvalue weighted by atomic mass is 19.1. The molecule has 0 atom stereocenters. The average molecular weight is 282 g/mol. The molecule has 0 heterocycles. The predicted molar refractivity (Wildman–Crippen MR) is 78.5 cm³/mol. The highest BCUT2D eigenvalue weighted by Gasteiger charge is 2.15. The predicted octanol–water partition coefficient (Wildman–Crippen LogP) is 3.46. The third-order valence-corrected chi connectivity index (χ3v) is 2.52. The first kappa shape index (κ1) is 16.3. The van der Waals surface area contributed by atoms with Crippen LogP contribution in [-0.2, 0) is 4.74 Å². The number of hydrogen-bond acceptors (Lipinski definition) is 3. The number of nitrogens with one attached hydrogen (secondary N) is 2. The zero-order valence-corrected chi connectivity index (χ0v) is 12.5. The summed E-state index contributed by atoms with van der Waals surface area (Å²) in [6.07, 6.45) is 0.313. The Kier molecular flexibility index (Phi) is 5.80. The van der Waals surface area contributed by atoms with Crippen LogP contribution in [0.25, 0.3) is 0 Å². The van der Waals surface area contributed by atoms with E-state index in [9.17, 15) is 9.18 Å². The molecule has 1 rings (SSSR count). The molecule has 0 radical (unpaired) electrons. The van der Waals surface area contributed by atoms with Gasteiger partial charge in [0.15, 0.2) is 0 Å². The molecule has 0 aliphatic rings. The van der Waals surface area contributed by atoms with Crippen molar-refractivity contribution in [1.29, 1.82) is 0 Å². The summed E-state index contributed by atoms with van der Waals surface area (Å²) in [5.41, 5.74) is 0.884. The van der Waals surface area contributed by atoms with Crippen LogP contribution in [0.4, 0.5) is 14.9 Å². The Balaban J connectivity index is 2.19. The molecule has 1 aromatic rings. The second-order valence-corrected chi connectivity index (χ2v) is 5.67. The maximum Gasteiger partial charge on any atom is 0.407 e. The zero-order valence-electron chi connectivity index (χ0n) is 12.5. The van der Waals surface area contributed by atoms with Crippen LogP contribution in [0.3, 0.4) is 0 Å². The second-order valence-electron chi connectivity index (χ2n) is 5.67. The molecule has 112 valence electrons. The van der Waals surface area contributed by atoms with Crippen LogP contribution in [-0.4, -0.2) is 24.8 Å². The summed E-state index contributed by atoms with van der Waals surface area (Å²) >= 11 is 0. The topological polar surface area (TPSA) is 50.4 Å². The van der Waals surface area contributed by atoms with Gasteiger partial charge in [-0.1, -0.05) is 6.07 Å². The van der Waals surface area contributed by atoms with Crippen molar-refractivity contribution in [3.8, 4) is 0 Å². The molecule has 0 unspecified atom stereocenters. The van der Waals surface area contributed by atoms with Crippen molar-refractivity contribution < 1.29 is 13.9 Å². The van der Waals surface area contributed by atoms with E-state index in [1.807, 2.05) is 26.8 Å². The Hall–Kier alpha value is -1.78. The van der Waals surface area contributed by atoms with Gasteiger partial charge in [0, 0.05) is 18.8 Å². The molecule has 20 heavy (non-hydrogen) atoms. The molecule has 0 bridgehead atoms. The molecule has 0 saturated carbocycles. The van der Waals surface area contributed by atoms with E-state index in [2.05, 4.69) is 10.6 Å². The summed E-state index contributed by atoms with van der Waals surface area (Å²) in [5.74, 6) is -0.220. The molecule has 0 saturated heterocycles. The molecule has 1 aromatic carbocycles. The lowest BCUT2D eigenvalue weighted by atomic mass is 10.2. The first-order valence-corrected chi connectivity index (χ1v) is 6.75. The van der Waals surface area contributed by atoms with Gasteiger partial charge in [0.1, 0.15) is 11.4 Å². The van der Waals surface area contributed by atoms with Gasteiger partial charge in [-0.3, -0.25) is 0 Å². The first-order valence-electron chi connectivity index (χ1n) is 6.75. The normalized spacial score (nSPS) is 11.1. The number of carbonyl (C=O) groups excluding carboxylic acids is 1. The fourth-order valence-corrected chi connectivity index (χ4v) is 1.53. The summed E-state index contributed by atoms with van der Waals surface area (Å²) in [4.78, 5) is 11.4. The Labute approximate surface area is 119 Å². The molecule has 0 aliphatic carbocycles. The minimum absolute atomic E-state index is 0.220. The maximum absolute atomic E-state index is 13.3. The number of hydrogen-bond donors (Lipinski definition) is 2. The van der Waals surface area contributed by atoms with Crippen LogP contribution in [0.5, 0.6) is 0 Å². The van der Waals surface area contributed by atoms with Gasteiger partial charge in [-0.15, -0.1) is 0 Å². The first-order chi connectivity index (χ1) is 9.28. The van der Waals surface area contributed by atoms with Crippen molar-refractivity contribution >= 4 is 11.8 Å². The number of amides is 1. The lowest BCUT2D eigenvalue weighted by Gasteiger charge is -2.19. The van der Waals surface area contributed by atoms with Crippen molar-refractivity contribution in [1.82, 2.24) is 5.32 Å². The van der Waals surface area contributed by atoms with Gasteiger partial charge < -0.3 is 15.4 Å². The fraction of sp³-hybridized carbons (Fsp3) is 0.533. The Morgan fingerprint density at radius 3 is 2.60 bits per heavy atom. The summed E-state index contributed by atoms with van der Waals surface area (Å²) in [5, 5.41) is 5.77. The minimum Gasteiger partial charge on any atom is -0.444 e. The van der Waals surface area contributed by atoms with E-state index in [-0.39, 0.29) is 5.82 Å². The van der Waals surface area contributed by atoms with E-state index < -0.39 is 11.7 Å². The van der Waals surface area contributed by atoms with Crippen molar-refractivity contribution in [2.24, 2.45) is 0 Å². The number of ether oxygens (including phenoxy) is 1. The van der Waals surface area contributed by atoms with Crippen molar-refractivity contribution in [3.05, 3.63) is 29.6 Å². The van der Waals surface area contributed by atoms with Gasteiger partial charge in [0.25, 0.3) is 0 Å². The van der Waals surface area contributed by atoms with Crippen LogP contribution in [0.15, 0.2) is 18.2 Å². The van der Waals surface area contributed by atoms with E-state index in [1.54, 1.807) is 13.0 Å². The summed E-state index contributed by atoms with van der Waals surface area (Å²) in [7, 11) is 0. The Morgan fingerprint density at radius 2 is 2.00 bits per heavy atom. The SMILES string of the molecule is Cc1ccc(NCCCNC(=O)OC(C)(C)C)cc1F. The number of benzene rings is 1. The molecule has 0 aromatic heterocycles. The van der Waals surface area contributed by atoms with Crippen LogP contribution in [0, 0.1) is 12.7 Å². The van der Waals surface area contributed by atoms with Crippen molar-refractivity contribution in [2.45, 2.75) is 39.7 Å². The monoisotopic (exact) mass is 282 g/mol. The number of anilines is 1. The summed E-state index contributed by atoms with van der Waals surface area (Å²) < 4.78 is 18.4. The van der Waals surface area contributed by atoms with Gasteiger partial charge in [0.05, 0.1) is 0 Å². The molecule has 4 nitrogen and oxygen atoms in total. The van der Waals surface area contributed by atoms with Crippen LogP contribution in [0.2, 0.25) is 0 Å². The molecular weight excluding hydrogens is 259 g/mol. The smallest absolute Gasteiger partial charge is 0.407 e. The maximum atomic E-state index is 13.3. The van der Waals surface area contributed by atoms with Gasteiger partial charge in [-0.05, 0) is 51.8 Å². The molecule has 0 fully saturated rings. The zero-order chi connectivity index (χ0) is 15.2. The molecule has 5 heteroatoms. The number of rotatable bonds is 5. The number of halogens is 1. The van der Waals surface area contributed by atoms with Crippen molar-refractivity contribution in [2.75, 3.05) is 18.4 Å². The lowest BCUT2D eigenvalue weighted by Crippen LogP contribution is -2.33. The standard InChI is InChI=1S/C15H23FN2O2/c1-11-6-7-12(10-13(11)16)17-8-5-9-18-14(19)20-15(2,3)4/h6-7,10,17H,5,8-9H2,1-4H3,(H,18,19). The summed E-state index contributed by atoms with van der Waals surface area (Å²) in [6, 6.07) is 5.03. The summed E-state index contributed by atoms with van der Waals surface area (Å²) in [6.45, 7) is 8.35. The minimum atomic E-state index is -0.484. The quantitative estimate of drug-likeness (QED) is 0.813. The third kappa shape index (κ3) is 6.41. The second kappa shape index (κ2) is 7.12. The van der Waals surface area contributed by atoms with Crippen LogP contribution < -0.4 is 10.6 Å². The molecule has 2 N–H and O–H groups in total. The molecule has 0 aliphatic heterocycles. The largest absolute Gasteiger partial charge is 0.444 e. The van der Waals surface area contributed by atoms with E-state index in [4.69, 9.17) is 4.74 Å². The molecule has 0 spiro atoms. The Bertz CT molecular complexity index is 456. The van der Waals surface area contributed by atoms with E-state index in [1.165, 1.54) is 6.07 Å². The van der Waals surface area contributed by atoms with E-state index in [0.29, 0.717) is 18.7 Å². The van der Waals surface area contributed by atoms with Crippen LogP contribution in [0.1, 0.15) is 32.8 Å². The van der Waals surface area contributed by atoms with Gasteiger partial charge >= 0.3 is 6.09 Å². The van der Waals surface area contributed by atoms with Crippen LogP contribution >= 0.6 is 0 Å². The van der Waals surface area contributed by atoms with Crippen molar-refractivity contribution in [3.63, 3.8) is 0 Å². The Morgan fingerprint density at radius 1 is 1.30 bits per heavy atom. The van der Waals surface area contributed by atoms with Gasteiger partial charge in [-0.25, -0.2) is 9.18 Å². The highest BCUT2D eigenvalue weighted by molar-refractivity contribution is 5.67. The van der Waals surface area contributed by atoms with E-state index >= 15 is 0 Å². The lowest BCUT2D eigenvalue weighted by molar-refractivity contribution is 0.0528. The fourth-order valence-electron chi connectivity index (χ4n) is 1.53. The average Bonchev–Trinajstić information content (AvgIpc) is 2.31. The van der Waals surface area contributed by atoms with E-state index in [0.717, 1.165) is 12.1 Å². The van der Waals surface area contributed by atoms with Gasteiger partial charge in [-0.2, -0.15) is 0 Å². The van der Waals surface area contributed by atoms with Gasteiger partial charge in [0.2, 0.25) is 0 Å². The number of aryl methyl sites for hydroxylation is 1. The molecule has 1 amide bonds. The number of carbonyl (C=O) groups is 1. The molecular formula is C15H23FN2O2. The number of alkyl carbamates (subject to hydrolysis) is 1. The third-order valence-electron chi connectivity index (χ3n) is 2.52. The highest BCUT2D eigenvalue weighted by Crippen LogP contribution is 2.13.